The molecule has 0 unspecified atom stereocenters. The van der Waals surface area contributed by atoms with Crippen LogP contribution in [0.1, 0.15) is 35.3 Å². The average molecular weight is 304 g/mol. The lowest BCUT2D eigenvalue weighted by atomic mass is 9.77. The maximum absolute atomic E-state index is 11.0. The van der Waals surface area contributed by atoms with Crippen LogP contribution in [0.25, 0.3) is 11.3 Å². The molecule has 5 nitrogen and oxygen atoms in total. The highest BCUT2D eigenvalue weighted by Gasteiger charge is 2.40. The molecule has 3 heterocycles. The third-order valence-electron chi connectivity index (χ3n) is 5.25. The summed E-state index contributed by atoms with van der Waals surface area (Å²) < 4.78 is 2.21. The predicted octanol–water partition coefficient (Wildman–Crippen LogP) is 2.54. The lowest BCUT2D eigenvalue weighted by molar-refractivity contribution is 0.0714. The van der Waals surface area contributed by atoms with Crippen molar-refractivity contribution < 1.29 is 5.11 Å². The van der Waals surface area contributed by atoms with Gasteiger partial charge in [-0.1, -0.05) is 24.3 Å². The summed E-state index contributed by atoms with van der Waals surface area (Å²) in [6.45, 7) is 0. The molecule has 0 radical (unpaired) electrons. The van der Waals surface area contributed by atoms with Crippen LogP contribution in [0, 0.1) is 5.92 Å². The highest BCUT2D eigenvalue weighted by atomic mass is 16.3. The summed E-state index contributed by atoms with van der Waals surface area (Å²) in [7, 11) is 0. The van der Waals surface area contributed by atoms with Gasteiger partial charge in [-0.2, -0.15) is 10.2 Å². The molecule has 1 aromatic carbocycles. The molecule has 1 aliphatic carbocycles. The minimum atomic E-state index is -0.527. The van der Waals surface area contributed by atoms with Crippen LogP contribution < -0.4 is 0 Å². The fourth-order valence-electron chi connectivity index (χ4n) is 4.18. The Morgan fingerprint density at radius 2 is 1.91 bits per heavy atom. The van der Waals surface area contributed by atoms with Crippen LogP contribution in [-0.4, -0.2) is 24.9 Å². The highest BCUT2D eigenvalue weighted by Crippen LogP contribution is 2.49. The zero-order valence-corrected chi connectivity index (χ0v) is 12.5. The summed E-state index contributed by atoms with van der Waals surface area (Å²) in [5.41, 5.74) is 5.67. The lowest BCUT2D eigenvalue weighted by Crippen LogP contribution is -2.28. The molecule has 0 saturated heterocycles. The number of aromatic nitrogens is 4. The first-order valence-electron chi connectivity index (χ1n) is 7.93. The molecule has 0 amide bonds. The van der Waals surface area contributed by atoms with Crippen LogP contribution in [-0.2, 0) is 6.42 Å². The molecule has 2 aliphatic rings. The maximum Gasteiger partial charge on any atom is 0.0956 e. The summed E-state index contributed by atoms with van der Waals surface area (Å²) >= 11 is 0. The molecule has 3 aromatic rings. The van der Waals surface area contributed by atoms with E-state index in [2.05, 4.69) is 44.0 Å². The number of aliphatic hydroxyl groups is 1. The molecule has 2 aromatic heterocycles. The third kappa shape index (κ3) is 1.74. The lowest BCUT2D eigenvalue weighted by Gasteiger charge is -2.34. The summed E-state index contributed by atoms with van der Waals surface area (Å²) in [5, 5.41) is 18.9. The molecule has 5 heteroatoms. The number of aliphatic hydroxyl groups excluding tert-OH is 1. The zero-order chi connectivity index (χ0) is 15.4. The second kappa shape index (κ2) is 4.73. The molecule has 114 valence electrons. The van der Waals surface area contributed by atoms with E-state index >= 15 is 0 Å². The molecule has 5 rings (SSSR count). The van der Waals surface area contributed by atoms with E-state index in [9.17, 15) is 5.11 Å². The quantitative estimate of drug-likeness (QED) is 0.750. The van der Waals surface area contributed by atoms with Crippen molar-refractivity contribution in [3.63, 3.8) is 0 Å². The second-order valence-corrected chi connectivity index (χ2v) is 6.34. The fourth-order valence-corrected chi connectivity index (χ4v) is 4.18. The number of rotatable bonds is 1. The van der Waals surface area contributed by atoms with Crippen molar-refractivity contribution in [1.29, 1.82) is 0 Å². The van der Waals surface area contributed by atoms with Crippen molar-refractivity contribution in [1.82, 2.24) is 19.7 Å². The van der Waals surface area contributed by atoms with Gasteiger partial charge in [0.15, 0.2) is 0 Å². The van der Waals surface area contributed by atoms with E-state index in [0.717, 1.165) is 29.7 Å². The number of imidazole rings is 1. The average Bonchev–Trinajstić information content (AvgIpc) is 3.17. The van der Waals surface area contributed by atoms with E-state index in [1.54, 1.807) is 12.4 Å². The van der Waals surface area contributed by atoms with Gasteiger partial charge in [-0.25, -0.2) is 4.98 Å². The van der Waals surface area contributed by atoms with Gasteiger partial charge in [-0.05, 0) is 24.0 Å². The zero-order valence-electron chi connectivity index (χ0n) is 12.5. The van der Waals surface area contributed by atoms with Gasteiger partial charge in [0.25, 0.3) is 0 Å². The normalized spacial score (nSPS) is 24.8. The summed E-state index contributed by atoms with van der Waals surface area (Å²) in [4.78, 5) is 4.32. The number of nitrogens with zero attached hydrogens (tertiary/aromatic N) is 4. The van der Waals surface area contributed by atoms with Gasteiger partial charge in [0, 0.05) is 17.0 Å². The Balaban J connectivity index is 1.64. The van der Waals surface area contributed by atoms with Crippen molar-refractivity contribution in [2.45, 2.75) is 25.0 Å². The first-order chi connectivity index (χ1) is 11.3. The molecule has 0 bridgehead atoms. The topological polar surface area (TPSA) is 63.8 Å². The molecule has 23 heavy (non-hydrogen) atoms. The van der Waals surface area contributed by atoms with Gasteiger partial charge in [0.1, 0.15) is 0 Å². The number of hydrogen-bond acceptors (Lipinski definition) is 4. The minimum Gasteiger partial charge on any atom is -0.388 e. The van der Waals surface area contributed by atoms with Crippen LogP contribution in [0.4, 0.5) is 0 Å². The molecular formula is C18H16N4O. The molecule has 3 atom stereocenters. The van der Waals surface area contributed by atoms with Crippen LogP contribution in [0.5, 0.6) is 0 Å². The van der Waals surface area contributed by atoms with Crippen molar-refractivity contribution >= 4 is 0 Å². The second-order valence-electron chi connectivity index (χ2n) is 6.34. The number of aryl methyl sites for hydroxylation is 1. The van der Waals surface area contributed by atoms with Gasteiger partial charge in [-0.15, -0.1) is 0 Å². The van der Waals surface area contributed by atoms with E-state index in [0.29, 0.717) is 0 Å². The predicted molar refractivity (Wildman–Crippen MR) is 84.6 cm³/mol. The Morgan fingerprint density at radius 3 is 2.87 bits per heavy atom. The summed E-state index contributed by atoms with van der Waals surface area (Å²) in [5.74, 6) is 0.114. The van der Waals surface area contributed by atoms with E-state index in [1.807, 2.05) is 12.5 Å². The van der Waals surface area contributed by atoms with Gasteiger partial charge in [0.05, 0.1) is 42.8 Å². The molecule has 0 saturated carbocycles. The van der Waals surface area contributed by atoms with Gasteiger partial charge in [-0.3, -0.25) is 0 Å². The Kier molecular flexibility index (Phi) is 2.67. The Labute approximate surface area is 133 Å². The molecule has 1 aliphatic heterocycles. The van der Waals surface area contributed by atoms with E-state index in [4.69, 9.17) is 0 Å². The van der Waals surface area contributed by atoms with Gasteiger partial charge in [0.2, 0.25) is 0 Å². The SMILES string of the molecule is O[C@@H]1c2cnncc2CC[C@H]1[C@@H]1c2ccccc2-c2cncn21. The first-order valence-corrected chi connectivity index (χ1v) is 7.93. The Hall–Kier alpha value is -2.53. The van der Waals surface area contributed by atoms with Gasteiger partial charge >= 0.3 is 0 Å². The largest absolute Gasteiger partial charge is 0.388 e. The van der Waals surface area contributed by atoms with Crippen molar-refractivity contribution in [3.8, 4) is 11.3 Å². The first kappa shape index (κ1) is 13.0. The molecule has 0 spiro atoms. The van der Waals surface area contributed by atoms with Crippen molar-refractivity contribution in [2.75, 3.05) is 0 Å². The van der Waals surface area contributed by atoms with E-state index in [1.165, 1.54) is 11.1 Å². The Morgan fingerprint density at radius 1 is 1.04 bits per heavy atom. The van der Waals surface area contributed by atoms with E-state index in [-0.39, 0.29) is 12.0 Å². The summed E-state index contributed by atoms with van der Waals surface area (Å²) in [6, 6.07) is 8.55. The standard InChI is InChI=1S/C18H16N4O/c23-18-14(6-5-11-7-20-21-8-15(11)18)17-13-4-2-1-3-12(13)16-9-19-10-22(16)17/h1-4,7-10,14,17-18,23H,5-6H2/t14-,17-,18-/m0/s1. The van der Waals surface area contributed by atoms with E-state index < -0.39 is 6.10 Å². The van der Waals surface area contributed by atoms with Crippen LogP contribution >= 0.6 is 0 Å². The van der Waals surface area contributed by atoms with Crippen LogP contribution in [0.15, 0.2) is 49.2 Å². The van der Waals surface area contributed by atoms with Crippen molar-refractivity contribution in [2.24, 2.45) is 5.92 Å². The van der Waals surface area contributed by atoms with Gasteiger partial charge < -0.3 is 9.67 Å². The smallest absolute Gasteiger partial charge is 0.0956 e. The maximum atomic E-state index is 11.0. The fraction of sp³-hybridized carbons (Fsp3) is 0.278. The molecular weight excluding hydrogens is 288 g/mol. The third-order valence-corrected chi connectivity index (χ3v) is 5.25. The minimum absolute atomic E-state index is 0.114. The van der Waals surface area contributed by atoms with Crippen LogP contribution in [0.2, 0.25) is 0 Å². The summed E-state index contributed by atoms with van der Waals surface area (Å²) in [6.07, 6.45) is 8.61. The number of benzene rings is 1. The monoisotopic (exact) mass is 304 g/mol. The van der Waals surface area contributed by atoms with Crippen molar-refractivity contribution in [3.05, 3.63) is 65.9 Å². The van der Waals surface area contributed by atoms with Crippen LogP contribution in [0.3, 0.4) is 0 Å². The Bertz CT molecular complexity index is 888. The molecule has 0 fully saturated rings. The number of fused-ring (bicyclic) bond motifs is 4. The highest BCUT2D eigenvalue weighted by molar-refractivity contribution is 5.69. The molecule has 1 N–H and O–H groups in total. The number of hydrogen-bond donors (Lipinski definition) is 1.